The van der Waals surface area contributed by atoms with Crippen molar-refractivity contribution in [1.82, 2.24) is 9.97 Å². The van der Waals surface area contributed by atoms with Gasteiger partial charge in [0, 0.05) is 17.7 Å². The molecule has 1 fully saturated rings. The van der Waals surface area contributed by atoms with Gasteiger partial charge in [-0.1, -0.05) is 65.7 Å². The molecule has 1 saturated carbocycles. The summed E-state index contributed by atoms with van der Waals surface area (Å²) in [4.78, 5) is 18.8. The Kier molecular flexibility index (Phi) is 6.23. The van der Waals surface area contributed by atoms with Crippen LogP contribution in [0.4, 0.5) is 0 Å². The van der Waals surface area contributed by atoms with Crippen LogP contribution in [0.1, 0.15) is 59.9 Å². The minimum atomic E-state index is -0.148. The molecule has 0 unspecified atom stereocenters. The maximum Gasteiger partial charge on any atom is 0.255 e. The van der Waals surface area contributed by atoms with E-state index in [1.807, 2.05) is 12.1 Å². The third-order valence-corrected chi connectivity index (χ3v) is 6.94. The van der Waals surface area contributed by atoms with E-state index in [1.54, 1.807) is 6.07 Å². The van der Waals surface area contributed by atoms with Crippen LogP contribution in [-0.2, 0) is 6.42 Å². The van der Waals surface area contributed by atoms with Gasteiger partial charge in [0.1, 0.15) is 0 Å². The molecule has 0 aliphatic heterocycles. The standard InChI is InChI=1S/C23H22Cl2N2OS/c24-19-8-4-7-17(20(19)25)13-18-21(26-23(29)27-22(18)28)16-11-9-15(10-12-16)14-5-2-1-3-6-14/h1-8,15-16H,9-13H2,(H2,26,27,28,29). The van der Waals surface area contributed by atoms with Crippen molar-refractivity contribution in [2.75, 3.05) is 0 Å². The maximum atomic E-state index is 12.8. The van der Waals surface area contributed by atoms with E-state index in [2.05, 4.69) is 40.3 Å². The summed E-state index contributed by atoms with van der Waals surface area (Å²) in [6.45, 7) is 0. The van der Waals surface area contributed by atoms with Crippen molar-refractivity contribution in [2.24, 2.45) is 0 Å². The molecule has 1 aliphatic carbocycles. The fourth-order valence-electron chi connectivity index (χ4n) is 4.37. The Bertz CT molecular complexity index is 1120. The first-order valence-electron chi connectivity index (χ1n) is 9.86. The number of benzene rings is 2. The van der Waals surface area contributed by atoms with Crippen LogP contribution in [0.3, 0.4) is 0 Å². The second kappa shape index (κ2) is 8.86. The molecule has 1 aliphatic rings. The van der Waals surface area contributed by atoms with Gasteiger partial charge in [-0.15, -0.1) is 0 Å². The lowest BCUT2D eigenvalue weighted by Gasteiger charge is -2.30. The Balaban J connectivity index is 1.62. The van der Waals surface area contributed by atoms with Crippen molar-refractivity contribution >= 4 is 35.4 Å². The van der Waals surface area contributed by atoms with Gasteiger partial charge in [0.25, 0.3) is 5.56 Å². The highest BCUT2D eigenvalue weighted by atomic mass is 35.5. The first-order valence-corrected chi connectivity index (χ1v) is 11.0. The number of hydrogen-bond donors (Lipinski definition) is 2. The first-order chi connectivity index (χ1) is 14.0. The topological polar surface area (TPSA) is 48.6 Å². The molecule has 6 heteroatoms. The molecule has 0 amide bonds. The molecule has 150 valence electrons. The van der Waals surface area contributed by atoms with Crippen molar-refractivity contribution < 1.29 is 0 Å². The van der Waals surface area contributed by atoms with Gasteiger partial charge in [0.05, 0.1) is 10.0 Å². The number of rotatable bonds is 4. The number of H-pyrrole nitrogens is 2. The second-order valence-electron chi connectivity index (χ2n) is 7.65. The zero-order chi connectivity index (χ0) is 20.4. The highest BCUT2D eigenvalue weighted by molar-refractivity contribution is 7.71. The second-order valence-corrected chi connectivity index (χ2v) is 8.84. The molecular formula is C23H22Cl2N2OS. The monoisotopic (exact) mass is 444 g/mol. The molecule has 2 aromatic carbocycles. The molecule has 2 N–H and O–H groups in total. The van der Waals surface area contributed by atoms with E-state index >= 15 is 0 Å². The number of hydrogen-bond acceptors (Lipinski definition) is 2. The van der Waals surface area contributed by atoms with Crippen molar-refractivity contribution in [3.8, 4) is 0 Å². The van der Waals surface area contributed by atoms with Gasteiger partial charge in [-0.2, -0.15) is 0 Å². The van der Waals surface area contributed by atoms with E-state index < -0.39 is 0 Å². The molecule has 1 heterocycles. The number of aromatic nitrogens is 2. The predicted octanol–water partition coefficient (Wildman–Crippen LogP) is 6.77. The van der Waals surface area contributed by atoms with Gasteiger partial charge >= 0.3 is 0 Å². The van der Waals surface area contributed by atoms with Crippen molar-refractivity contribution in [3.05, 3.63) is 96.1 Å². The molecule has 4 rings (SSSR count). The molecule has 0 atom stereocenters. The van der Waals surface area contributed by atoms with Gasteiger partial charge in [-0.3, -0.25) is 9.78 Å². The molecule has 0 saturated heterocycles. The van der Waals surface area contributed by atoms with Crippen LogP contribution in [0.2, 0.25) is 10.0 Å². The number of aromatic amines is 2. The summed E-state index contributed by atoms with van der Waals surface area (Å²) >= 11 is 17.8. The van der Waals surface area contributed by atoms with Crippen molar-refractivity contribution in [2.45, 2.75) is 43.9 Å². The van der Waals surface area contributed by atoms with E-state index in [4.69, 9.17) is 35.4 Å². The Morgan fingerprint density at radius 3 is 2.31 bits per heavy atom. The van der Waals surface area contributed by atoms with Crippen LogP contribution in [0.25, 0.3) is 0 Å². The lowest BCUT2D eigenvalue weighted by molar-refractivity contribution is 0.389. The van der Waals surface area contributed by atoms with E-state index in [0.29, 0.717) is 32.7 Å². The smallest absolute Gasteiger partial charge is 0.255 e. The molecule has 3 nitrogen and oxygen atoms in total. The summed E-state index contributed by atoms with van der Waals surface area (Å²) in [7, 11) is 0. The fourth-order valence-corrected chi connectivity index (χ4v) is 4.96. The third-order valence-electron chi connectivity index (χ3n) is 5.88. The van der Waals surface area contributed by atoms with Gasteiger partial charge < -0.3 is 4.98 Å². The van der Waals surface area contributed by atoms with Crippen LogP contribution in [0.5, 0.6) is 0 Å². The first kappa shape index (κ1) is 20.4. The summed E-state index contributed by atoms with van der Waals surface area (Å²) in [5.41, 5.74) is 3.74. The molecule has 0 radical (unpaired) electrons. The Hall–Kier alpha value is -1.88. The minimum absolute atomic E-state index is 0.148. The lowest BCUT2D eigenvalue weighted by atomic mass is 9.76. The average Bonchev–Trinajstić information content (AvgIpc) is 2.73. The summed E-state index contributed by atoms with van der Waals surface area (Å²) in [6.07, 6.45) is 4.66. The minimum Gasteiger partial charge on any atom is -0.335 e. The van der Waals surface area contributed by atoms with Crippen LogP contribution >= 0.6 is 35.4 Å². The summed E-state index contributed by atoms with van der Waals surface area (Å²) in [5.74, 6) is 0.857. The van der Waals surface area contributed by atoms with E-state index in [9.17, 15) is 4.79 Å². The van der Waals surface area contributed by atoms with Crippen molar-refractivity contribution in [1.29, 1.82) is 0 Å². The normalized spacial score (nSPS) is 19.2. The quantitative estimate of drug-likeness (QED) is 0.436. The van der Waals surface area contributed by atoms with E-state index in [1.165, 1.54) is 5.56 Å². The molecule has 1 aromatic heterocycles. The van der Waals surface area contributed by atoms with E-state index in [-0.39, 0.29) is 11.5 Å². The maximum absolute atomic E-state index is 12.8. The SMILES string of the molecule is O=c1[nH]c(=S)[nH]c(C2CCC(c3ccccc3)CC2)c1Cc1cccc(Cl)c1Cl. The zero-order valence-electron chi connectivity index (χ0n) is 15.9. The summed E-state index contributed by atoms with van der Waals surface area (Å²) in [6, 6.07) is 16.2. The van der Waals surface area contributed by atoms with Gasteiger partial charge in [0.15, 0.2) is 4.77 Å². The zero-order valence-corrected chi connectivity index (χ0v) is 18.2. The van der Waals surface area contributed by atoms with Gasteiger partial charge in [-0.05, 0) is 66.9 Å². The molecule has 0 spiro atoms. The van der Waals surface area contributed by atoms with Gasteiger partial charge in [0.2, 0.25) is 0 Å². The fraction of sp³-hybridized carbons (Fsp3) is 0.304. The van der Waals surface area contributed by atoms with E-state index in [0.717, 1.165) is 36.9 Å². The van der Waals surface area contributed by atoms with Crippen LogP contribution in [-0.4, -0.2) is 9.97 Å². The summed E-state index contributed by atoms with van der Waals surface area (Å²) in [5, 5.41) is 0.990. The largest absolute Gasteiger partial charge is 0.335 e. The Morgan fingerprint density at radius 2 is 1.59 bits per heavy atom. The third kappa shape index (κ3) is 4.50. The lowest BCUT2D eigenvalue weighted by Crippen LogP contribution is -2.22. The average molecular weight is 445 g/mol. The highest BCUT2D eigenvalue weighted by Gasteiger charge is 2.27. The van der Waals surface area contributed by atoms with Crippen LogP contribution in [0.15, 0.2) is 53.3 Å². The number of nitrogens with one attached hydrogen (secondary N) is 2. The summed E-state index contributed by atoms with van der Waals surface area (Å²) < 4.78 is 0.371. The number of halogens is 2. The highest BCUT2D eigenvalue weighted by Crippen LogP contribution is 2.40. The van der Waals surface area contributed by atoms with Crippen LogP contribution in [0, 0.1) is 4.77 Å². The molecule has 3 aromatic rings. The Morgan fingerprint density at radius 1 is 0.897 bits per heavy atom. The predicted molar refractivity (Wildman–Crippen MR) is 122 cm³/mol. The van der Waals surface area contributed by atoms with Crippen LogP contribution < -0.4 is 5.56 Å². The molecular weight excluding hydrogens is 423 g/mol. The molecule has 29 heavy (non-hydrogen) atoms. The van der Waals surface area contributed by atoms with Crippen molar-refractivity contribution in [3.63, 3.8) is 0 Å². The Labute approximate surface area is 185 Å². The molecule has 0 bridgehead atoms. The van der Waals surface area contributed by atoms with Gasteiger partial charge in [-0.25, -0.2) is 0 Å².